The average molecular weight is 411 g/mol. The Morgan fingerprint density at radius 1 is 1.17 bits per heavy atom. The van der Waals surface area contributed by atoms with Gasteiger partial charge in [0.2, 0.25) is 5.89 Å². The first-order valence-corrected chi connectivity index (χ1v) is 9.21. The fourth-order valence-electron chi connectivity index (χ4n) is 2.87. The highest BCUT2D eigenvalue weighted by atomic mass is 35.5. The van der Waals surface area contributed by atoms with Crippen LogP contribution in [0.15, 0.2) is 65.1 Å². The second-order valence-electron chi connectivity index (χ2n) is 6.46. The van der Waals surface area contributed by atoms with Crippen molar-refractivity contribution in [3.05, 3.63) is 77.1 Å². The van der Waals surface area contributed by atoms with Crippen molar-refractivity contribution >= 4 is 34.3 Å². The highest BCUT2D eigenvalue weighted by Gasteiger charge is 2.11. The van der Waals surface area contributed by atoms with Crippen molar-refractivity contribution in [3.63, 3.8) is 0 Å². The van der Waals surface area contributed by atoms with Crippen LogP contribution in [0.25, 0.3) is 22.6 Å². The lowest BCUT2D eigenvalue weighted by Gasteiger charge is -2.09. The number of hydrogen-bond acceptors (Lipinski definition) is 4. The number of oxazole rings is 1. The van der Waals surface area contributed by atoms with E-state index in [1.165, 1.54) is 12.1 Å². The number of ether oxygens (including phenoxy) is 1. The molecule has 0 saturated carbocycles. The molecule has 0 radical (unpaired) electrons. The Morgan fingerprint density at radius 3 is 2.83 bits per heavy atom. The molecule has 0 atom stereocenters. The van der Waals surface area contributed by atoms with Gasteiger partial charge in [-0.3, -0.25) is 4.79 Å². The van der Waals surface area contributed by atoms with Crippen LogP contribution in [-0.4, -0.2) is 17.5 Å². The van der Waals surface area contributed by atoms with Gasteiger partial charge in [-0.25, -0.2) is 9.37 Å². The minimum absolute atomic E-state index is 0.145. The molecule has 1 heterocycles. The van der Waals surface area contributed by atoms with Crippen molar-refractivity contribution in [1.29, 1.82) is 0 Å². The van der Waals surface area contributed by atoms with E-state index in [9.17, 15) is 9.18 Å². The number of rotatable bonds is 5. The summed E-state index contributed by atoms with van der Waals surface area (Å²) in [5, 5.41) is 3.37. The average Bonchev–Trinajstić information content (AvgIpc) is 3.11. The number of carbonyl (C=O) groups excluding carboxylic acids is 1. The van der Waals surface area contributed by atoms with Gasteiger partial charge in [-0.15, -0.1) is 0 Å². The quantitative estimate of drug-likeness (QED) is 0.464. The molecule has 0 aliphatic rings. The second kappa shape index (κ2) is 7.93. The number of nitrogens with zero attached hydrogens (tertiary/aromatic N) is 1. The number of hydrogen-bond donors (Lipinski definition) is 1. The number of aryl methyl sites for hydroxylation is 1. The van der Waals surface area contributed by atoms with Crippen molar-refractivity contribution in [2.45, 2.75) is 6.92 Å². The van der Waals surface area contributed by atoms with E-state index in [4.69, 9.17) is 20.8 Å². The van der Waals surface area contributed by atoms with E-state index in [2.05, 4.69) is 10.3 Å². The standard InChI is InChI=1S/C22H16ClFN2O3/c1-13-9-15(23)5-7-19(13)28-12-21(27)25-17-6-8-20-18(11-17)26-22(29-20)14-3-2-4-16(24)10-14/h2-11H,12H2,1H3,(H,25,27). The van der Waals surface area contributed by atoms with Gasteiger partial charge in [-0.2, -0.15) is 0 Å². The molecule has 4 rings (SSSR count). The molecule has 0 bridgehead atoms. The van der Waals surface area contributed by atoms with Crippen LogP contribution in [0.4, 0.5) is 10.1 Å². The van der Waals surface area contributed by atoms with Gasteiger partial charge in [0.25, 0.3) is 5.91 Å². The molecule has 146 valence electrons. The minimum Gasteiger partial charge on any atom is -0.483 e. The molecule has 1 amide bonds. The lowest BCUT2D eigenvalue weighted by Crippen LogP contribution is -2.20. The van der Waals surface area contributed by atoms with E-state index < -0.39 is 0 Å². The third-order valence-corrected chi connectivity index (χ3v) is 4.47. The monoisotopic (exact) mass is 410 g/mol. The maximum atomic E-state index is 13.4. The lowest BCUT2D eigenvalue weighted by molar-refractivity contribution is -0.118. The number of halogens is 2. The SMILES string of the molecule is Cc1cc(Cl)ccc1OCC(=O)Nc1ccc2oc(-c3cccc(F)c3)nc2c1. The number of nitrogens with one attached hydrogen (secondary N) is 1. The molecule has 4 aromatic rings. The van der Waals surface area contributed by atoms with Crippen LogP contribution in [0.1, 0.15) is 5.56 Å². The lowest BCUT2D eigenvalue weighted by atomic mass is 10.2. The maximum absolute atomic E-state index is 13.4. The summed E-state index contributed by atoms with van der Waals surface area (Å²) in [6.45, 7) is 1.71. The molecule has 1 N–H and O–H groups in total. The number of benzene rings is 3. The van der Waals surface area contributed by atoms with Gasteiger partial charge in [0, 0.05) is 16.3 Å². The minimum atomic E-state index is -0.367. The van der Waals surface area contributed by atoms with E-state index in [0.29, 0.717) is 39.0 Å². The Hall–Kier alpha value is -3.38. The van der Waals surface area contributed by atoms with Gasteiger partial charge >= 0.3 is 0 Å². The largest absolute Gasteiger partial charge is 0.483 e. The van der Waals surface area contributed by atoms with E-state index in [1.807, 2.05) is 6.92 Å². The molecule has 5 nitrogen and oxygen atoms in total. The predicted octanol–water partition coefficient (Wildman–Crippen LogP) is 5.61. The molecule has 29 heavy (non-hydrogen) atoms. The Labute approximate surface area is 171 Å². The van der Waals surface area contributed by atoms with E-state index >= 15 is 0 Å². The van der Waals surface area contributed by atoms with Crippen LogP contribution in [-0.2, 0) is 4.79 Å². The number of amides is 1. The van der Waals surface area contributed by atoms with E-state index in [1.54, 1.807) is 48.5 Å². The fourth-order valence-corrected chi connectivity index (χ4v) is 3.09. The molecule has 0 unspecified atom stereocenters. The first kappa shape index (κ1) is 19.0. The van der Waals surface area contributed by atoms with Crippen LogP contribution < -0.4 is 10.1 Å². The Morgan fingerprint density at radius 2 is 2.03 bits per heavy atom. The topological polar surface area (TPSA) is 64.4 Å². The van der Waals surface area contributed by atoms with Gasteiger partial charge in [0.15, 0.2) is 12.2 Å². The molecule has 1 aromatic heterocycles. The molecule has 0 aliphatic heterocycles. The molecule has 0 aliphatic carbocycles. The van der Waals surface area contributed by atoms with Gasteiger partial charge in [0.1, 0.15) is 17.1 Å². The number of anilines is 1. The summed E-state index contributed by atoms with van der Waals surface area (Å²) in [6.07, 6.45) is 0. The van der Waals surface area contributed by atoms with Crippen LogP contribution in [0.2, 0.25) is 5.02 Å². The normalized spacial score (nSPS) is 10.9. The van der Waals surface area contributed by atoms with Gasteiger partial charge in [-0.05, 0) is 67.1 Å². The first-order valence-electron chi connectivity index (χ1n) is 8.83. The van der Waals surface area contributed by atoms with Crippen molar-refractivity contribution in [1.82, 2.24) is 4.98 Å². The molecule has 7 heteroatoms. The number of fused-ring (bicyclic) bond motifs is 1. The third-order valence-electron chi connectivity index (χ3n) is 4.24. The van der Waals surface area contributed by atoms with Crippen molar-refractivity contribution in [3.8, 4) is 17.2 Å². The first-order chi connectivity index (χ1) is 14.0. The zero-order valence-electron chi connectivity index (χ0n) is 15.4. The van der Waals surface area contributed by atoms with Gasteiger partial charge in [-0.1, -0.05) is 17.7 Å². The third kappa shape index (κ3) is 4.38. The fraction of sp³-hybridized carbons (Fsp3) is 0.0909. The smallest absolute Gasteiger partial charge is 0.262 e. The summed E-state index contributed by atoms with van der Waals surface area (Å²) in [4.78, 5) is 16.6. The van der Waals surface area contributed by atoms with Crippen LogP contribution in [0, 0.1) is 12.7 Å². The number of carbonyl (C=O) groups is 1. The maximum Gasteiger partial charge on any atom is 0.262 e. The molecule has 0 saturated heterocycles. The summed E-state index contributed by atoms with van der Waals surface area (Å²) in [6, 6.07) is 16.3. The molecule has 3 aromatic carbocycles. The Kier molecular flexibility index (Phi) is 5.18. The van der Waals surface area contributed by atoms with Crippen LogP contribution >= 0.6 is 11.6 Å². The van der Waals surface area contributed by atoms with Crippen LogP contribution in [0.5, 0.6) is 5.75 Å². The van der Waals surface area contributed by atoms with Gasteiger partial charge < -0.3 is 14.5 Å². The highest BCUT2D eigenvalue weighted by Crippen LogP contribution is 2.27. The van der Waals surface area contributed by atoms with E-state index in [0.717, 1.165) is 5.56 Å². The zero-order chi connectivity index (χ0) is 20.4. The van der Waals surface area contributed by atoms with Crippen LogP contribution in [0.3, 0.4) is 0 Å². The summed E-state index contributed by atoms with van der Waals surface area (Å²) in [5.41, 5.74) is 3.03. The summed E-state index contributed by atoms with van der Waals surface area (Å²) < 4.78 is 24.6. The Balaban J connectivity index is 1.46. The Bertz CT molecular complexity index is 1210. The molecular weight excluding hydrogens is 395 g/mol. The predicted molar refractivity (Wildman–Crippen MR) is 110 cm³/mol. The number of aromatic nitrogens is 1. The highest BCUT2D eigenvalue weighted by molar-refractivity contribution is 6.30. The summed E-state index contributed by atoms with van der Waals surface area (Å²) >= 11 is 5.92. The van der Waals surface area contributed by atoms with Crippen molar-refractivity contribution in [2.75, 3.05) is 11.9 Å². The van der Waals surface area contributed by atoms with Crippen molar-refractivity contribution < 1.29 is 18.3 Å². The molecule has 0 spiro atoms. The molecule has 0 fully saturated rings. The summed E-state index contributed by atoms with van der Waals surface area (Å²) in [7, 11) is 0. The molecular formula is C22H16ClFN2O3. The van der Waals surface area contributed by atoms with Gasteiger partial charge in [0.05, 0.1) is 0 Å². The summed E-state index contributed by atoms with van der Waals surface area (Å²) in [5.74, 6) is 0.224. The second-order valence-corrected chi connectivity index (χ2v) is 6.89. The van der Waals surface area contributed by atoms with Crippen molar-refractivity contribution in [2.24, 2.45) is 0 Å². The van der Waals surface area contributed by atoms with E-state index in [-0.39, 0.29) is 18.3 Å². The zero-order valence-corrected chi connectivity index (χ0v) is 16.2.